The number of rotatable bonds is 14. The van der Waals surface area contributed by atoms with E-state index in [0.29, 0.717) is 10.6 Å². The van der Waals surface area contributed by atoms with E-state index in [9.17, 15) is 22.4 Å². The summed E-state index contributed by atoms with van der Waals surface area (Å²) in [6.07, 6.45) is 0.159. The topological polar surface area (TPSA) is 96.0 Å². The average Bonchev–Trinajstić information content (AvgIpc) is 3.03. The van der Waals surface area contributed by atoms with Crippen molar-refractivity contribution < 1.29 is 27.1 Å². The van der Waals surface area contributed by atoms with E-state index >= 15 is 0 Å². The van der Waals surface area contributed by atoms with Gasteiger partial charge in [-0.3, -0.25) is 13.9 Å². The Bertz CT molecular complexity index is 1720. The predicted molar refractivity (Wildman–Crippen MR) is 178 cm³/mol. The first-order valence-electron chi connectivity index (χ1n) is 14.9. The highest BCUT2D eigenvalue weighted by atomic mass is 35.5. The summed E-state index contributed by atoms with van der Waals surface area (Å²) in [5.74, 6) is -1.24. The lowest BCUT2D eigenvalue weighted by Gasteiger charge is -2.34. The van der Waals surface area contributed by atoms with Gasteiger partial charge in [0.25, 0.3) is 10.0 Å². The standard InChI is InChI=1S/C35H37ClFN3O5S/c1-4-45-33-13-9-8-12-31(33)40(46(43,44)30-20-16-28(36)17-21-30)24-34(41)39(23-27-14-18-29(37)19-15-27)32(35(42)38-25(2)3)22-26-10-6-5-7-11-26/h5-21,25,32H,4,22-24H2,1-3H3,(H,38,42). The van der Waals surface area contributed by atoms with E-state index < -0.39 is 40.2 Å². The van der Waals surface area contributed by atoms with Crippen LogP contribution < -0.4 is 14.4 Å². The summed E-state index contributed by atoms with van der Waals surface area (Å²) in [6, 6.07) is 25.8. The predicted octanol–water partition coefficient (Wildman–Crippen LogP) is 6.24. The number of nitrogens with zero attached hydrogens (tertiary/aromatic N) is 2. The van der Waals surface area contributed by atoms with Gasteiger partial charge in [0.05, 0.1) is 17.2 Å². The van der Waals surface area contributed by atoms with Gasteiger partial charge in [-0.25, -0.2) is 12.8 Å². The Labute approximate surface area is 274 Å². The van der Waals surface area contributed by atoms with Crippen LogP contribution in [0.4, 0.5) is 10.1 Å². The molecule has 46 heavy (non-hydrogen) atoms. The largest absolute Gasteiger partial charge is 0.492 e. The molecule has 0 aliphatic rings. The van der Waals surface area contributed by atoms with Crippen LogP contribution in [-0.2, 0) is 32.6 Å². The number of ether oxygens (including phenoxy) is 1. The number of amides is 2. The Morgan fingerprint density at radius 2 is 1.50 bits per heavy atom. The van der Waals surface area contributed by atoms with E-state index in [0.717, 1.165) is 9.87 Å². The van der Waals surface area contributed by atoms with E-state index in [-0.39, 0.29) is 41.9 Å². The van der Waals surface area contributed by atoms with Gasteiger partial charge in [-0.15, -0.1) is 0 Å². The third-order valence-corrected chi connectivity index (χ3v) is 9.11. The maximum Gasteiger partial charge on any atom is 0.264 e. The lowest BCUT2D eigenvalue weighted by molar-refractivity contribution is -0.140. The fourth-order valence-corrected chi connectivity index (χ4v) is 6.46. The van der Waals surface area contributed by atoms with Crippen LogP contribution in [0.25, 0.3) is 0 Å². The zero-order chi connectivity index (χ0) is 33.3. The van der Waals surface area contributed by atoms with Gasteiger partial charge < -0.3 is 15.0 Å². The molecule has 0 aromatic heterocycles. The first-order chi connectivity index (χ1) is 22.0. The van der Waals surface area contributed by atoms with Crippen molar-refractivity contribution in [1.29, 1.82) is 0 Å². The zero-order valence-electron chi connectivity index (χ0n) is 25.9. The van der Waals surface area contributed by atoms with E-state index in [1.165, 1.54) is 53.4 Å². The Hall–Kier alpha value is -4.41. The van der Waals surface area contributed by atoms with Crippen LogP contribution in [0.1, 0.15) is 31.9 Å². The first kappa shape index (κ1) is 34.5. The summed E-state index contributed by atoms with van der Waals surface area (Å²) in [5, 5.41) is 3.26. The van der Waals surface area contributed by atoms with Crippen LogP contribution in [0.5, 0.6) is 5.75 Å². The van der Waals surface area contributed by atoms with Crippen LogP contribution in [0, 0.1) is 5.82 Å². The van der Waals surface area contributed by atoms with E-state index in [1.807, 2.05) is 44.2 Å². The average molecular weight is 666 g/mol. The smallest absolute Gasteiger partial charge is 0.264 e. The number of nitrogens with one attached hydrogen (secondary N) is 1. The maximum atomic E-state index is 14.5. The highest BCUT2D eigenvalue weighted by Crippen LogP contribution is 2.33. The SMILES string of the molecule is CCOc1ccccc1N(CC(=O)N(Cc1ccc(F)cc1)C(Cc1ccccc1)C(=O)NC(C)C)S(=O)(=O)c1ccc(Cl)cc1. The Balaban J connectivity index is 1.84. The second kappa shape index (κ2) is 15.7. The third-order valence-electron chi connectivity index (χ3n) is 7.08. The molecule has 4 aromatic rings. The molecule has 0 heterocycles. The number of halogens is 2. The number of benzene rings is 4. The summed E-state index contributed by atoms with van der Waals surface area (Å²) in [4.78, 5) is 29.6. The minimum Gasteiger partial charge on any atom is -0.492 e. The molecule has 0 aliphatic heterocycles. The van der Waals surface area contributed by atoms with Crippen molar-refractivity contribution in [1.82, 2.24) is 10.2 Å². The fraction of sp³-hybridized carbons (Fsp3) is 0.257. The summed E-state index contributed by atoms with van der Waals surface area (Å²) >= 11 is 6.05. The molecule has 0 spiro atoms. The van der Waals surface area contributed by atoms with Crippen molar-refractivity contribution in [3.8, 4) is 5.75 Å². The molecule has 0 saturated heterocycles. The lowest BCUT2D eigenvalue weighted by Crippen LogP contribution is -2.54. The van der Waals surface area contributed by atoms with Gasteiger partial charge in [-0.05, 0) is 80.4 Å². The van der Waals surface area contributed by atoms with Crippen molar-refractivity contribution >= 4 is 39.1 Å². The van der Waals surface area contributed by atoms with Crippen LogP contribution in [0.15, 0.2) is 108 Å². The highest BCUT2D eigenvalue weighted by Gasteiger charge is 2.35. The van der Waals surface area contributed by atoms with Gasteiger partial charge in [-0.2, -0.15) is 0 Å². The Morgan fingerprint density at radius 1 is 0.870 bits per heavy atom. The molecule has 1 N–H and O–H groups in total. The second-order valence-corrected chi connectivity index (χ2v) is 13.2. The number of carbonyl (C=O) groups excluding carboxylic acids is 2. The molecule has 1 unspecified atom stereocenters. The number of hydrogen-bond acceptors (Lipinski definition) is 5. The molecule has 8 nitrogen and oxygen atoms in total. The number of carbonyl (C=O) groups is 2. The molecule has 0 aliphatic carbocycles. The van der Waals surface area contributed by atoms with Gasteiger partial charge in [-0.1, -0.05) is 66.2 Å². The van der Waals surface area contributed by atoms with E-state index in [1.54, 1.807) is 31.2 Å². The van der Waals surface area contributed by atoms with Gasteiger partial charge in [0.2, 0.25) is 11.8 Å². The van der Waals surface area contributed by atoms with Crippen molar-refractivity contribution in [2.45, 2.75) is 50.7 Å². The van der Waals surface area contributed by atoms with Crippen LogP contribution in [-0.4, -0.2) is 50.4 Å². The number of para-hydroxylation sites is 2. The van der Waals surface area contributed by atoms with Crippen molar-refractivity contribution in [2.75, 3.05) is 17.5 Å². The molecule has 2 amide bonds. The van der Waals surface area contributed by atoms with Crippen molar-refractivity contribution in [3.05, 3.63) is 125 Å². The van der Waals surface area contributed by atoms with Gasteiger partial charge >= 0.3 is 0 Å². The van der Waals surface area contributed by atoms with Gasteiger partial charge in [0, 0.05) is 24.0 Å². The van der Waals surface area contributed by atoms with Crippen LogP contribution in [0.2, 0.25) is 5.02 Å². The fourth-order valence-electron chi connectivity index (χ4n) is 4.91. The molecule has 11 heteroatoms. The molecule has 242 valence electrons. The summed E-state index contributed by atoms with van der Waals surface area (Å²) < 4.78 is 49.1. The van der Waals surface area contributed by atoms with Crippen molar-refractivity contribution in [2.24, 2.45) is 0 Å². The summed E-state index contributed by atoms with van der Waals surface area (Å²) in [5.41, 5.74) is 1.52. The van der Waals surface area contributed by atoms with Crippen LogP contribution >= 0.6 is 11.6 Å². The minimum atomic E-state index is -4.35. The highest BCUT2D eigenvalue weighted by molar-refractivity contribution is 7.92. The summed E-state index contributed by atoms with van der Waals surface area (Å²) in [7, 11) is -4.35. The van der Waals surface area contributed by atoms with Crippen molar-refractivity contribution in [3.63, 3.8) is 0 Å². The molecule has 0 radical (unpaired) electrons. The Kier molecular flexibility index (Phi) is 11.8. The van der Waals surface area contributed by atoms with Gasteiger partial charge in [0.1, 0.15) is 24.2 Å². The molecule has 0 saturated carbocycles. The molecule has 0 fully saturated rings. The number of anilines is 1. The Morgan fingerprint density at radius 3 is 2.13 bits per heavy atom. The third kappa shape index (κ3) is 8.86. The molecule has 1 atom stereocenters. The first-order valence-corrected chi connectivity index (χ1v) is 16.7. The normalized spacial score (nSPS) is 12.0. The minimum absolute atomic E-state index is 0.0793. The zero-order valence-corrected chi connectivity index (χ0v) is 27.5. The quantitative estimate of drug-likeness (QED) is 0.172. The second-order valence-electron chi connectivity index (χ2n) is 10.9. The van der Waals surface area contributed by atoms with Gasteiger partial charge in [0.15, 0.2) is 0 Å². The molecular formula is C35H37ClFN3O5S. The number of hydrogen-bond donors (Lipinski definition) is 1. The summed E-state index contributed by atoms with van der Waals surface area (Å²) in [6.45, 7) is 4.92. The molecule has 4 rings (SSSR count). The van der Waals surface area contributed by atoms with E-state index in [4.69, 9.17) is 16.3 Å². The number of sulfonamides is 1. The monoisotopic (exact) mass is 665 g/mol. The van der Waals surface area contributed by atoms with E-state index in [2.05, 4.69) is 5.32 Å². The molecule has 0 bridgehead atoms. The molecule has 4 aromatic carbocycles. The van der Waals surface area contributed by atoms with Crippen LogP contribution in [0.3, 0.4) is 0 Å². The molecular weight excluding hydrogens is 629 g/mol. The lowest BCUT2D eigenvalue weighted by atomic mass is 10.0. The maximum absolute atomic E-state index is 14.5.